The summed E-state index contributed by atoms with van der Waals surface area (Å²) in [5.41, 5.74) is 1.12. The highest BCUT2D eigenvalue weighted by Crippen LogP contribution is 2.22. The zero-order valence-corrected chi connectivity index (χ0v) is 19.0. The standard InChI is InChI=1S/C22H27ClN2O2S2/c1-26-21-7-3-2-5-17(21)15-25(16-19-6-4-13-27-19)22(28)24-12-14-29-20-10-8-18(23)9-11-20/h2-3,5,7-11,19H,4,6,12-16H2,1H3,(H,24,28). The first-order valence-corrected chi connectivity index (χ1v) is 11.6. The molecule has 1 saturated heterocycles. The van der Waals surface area contributed by atoms with Gasteiger partial charge in [0.1, 0.15) is 5.75 Å². The van der Waals surface area contributed by atoms with Gasteiger partial charge in [0.15, 0.2) is 5.11 Å². The smallest absolute Gasteiger partial charge is 0.169 e. The topological polar surface area (TPSA) is 33.7 Å². The van der Waals surface area contributed by atoms with Gasteiger partial charge in [0.25, 0.3) is 0 Å². The van der Waals surface area contributed by atoms with Crippen molar-refractivity contribution >= 4 is 40.7 Å². The maximum atomic E-state index is 5.94. The summed E-state index contributed by atoms with van der Waals surface area (Å²) in [6.07, 6.45) is 2.43. The molecule has 29 heavy (non-hydrogen) atoms. The number of para-hydroxylation sites is 1. The van der Waals surface area contributed by atoms with E-state index in [4.69, 9.17) is 33.3 Å². The molecule has 0 bridgehead atoms. The van der Waals surface area contributed by atoms with Crippen LogP contribution in [0.15, 0.2) is 53.4 Å². The van der Waals surface area contributed by atoms with Crippen LogP contribution in [0.3, 0.4) is 0 Å². The molecule has 1 unspecified atom stereocenters. The van der Waals surface area contributed by atoms with Crippen LogP contribution in [0.1, 0.15) is 18.4 Å². The van der Waals surface area contributed by atoms with E-state index in [1.54, 1.807) is 18.9 Å². The molecule has 0 aliphatic carbocycles. The second kappa shape index (κ2) is 11.6. The molecule has 1 aliphatic heterocycles. The molecular weight excluding hydrogens is 424 g/mol. The number of hydrogen-bond donors (Lipinski definition) is 1. The van der Waals surface area contributed by atoms with Crippen LogP contribution < -0.4 is 10.1 Å². The predicted octanol–water partition coefficient (Wildman–Crippen LogP) is 5.00. The largest absolute Gasteiger partial charge is 0.496 e. The van der Waals surface area contributed by atoms with Crippen molar-refractivity contribution in [1.29, 1.82) is 0 Å². The monoisotopic (exact) mass is 450 g/mol. The number of rotatable bonds is 9. The van der Waals surface area contributed by atoms with E-state index in [2.05, 4.69) is 16.3 Å². The summed E-state index contributed by atoms with van der Waals surface area (Å²) in [5, 5.41) is 4.92. The molecule has 1 N–H and O–H groups in total. The summed E-state index contributed by atoms with van der Waals surface area (Å²) in [7, 11) is 1.70. The van der Waals surface area contributed by atoms with Crippen molar-refractivity contribution in [2.24, 2.45) is 0 Å². The van der Waals surface area contributed by atoms with Crippen molar-refractivity contribution < 1.29 is 9.47 Å². The zero-order chi connectivity index (χ0) is 20.5. The zero-order valence-electron chi connectivity index (χ0n) is 16.6. The van der Waals surface area contributed by atoms with Crippen molar-refractivity contribution in [3.8, 4) is 5.75 Å². The minimum atomic E-state index is 0.230. The highest BCUT2D eigenvalue weighted by atomic mass is 35.5. The summed E-state index contributed by atoms with van der Waals surface area (Å²) in [5.74, 6) is 1.80. The van der Waals surface area contributed by atoms with E-state index < -0.39 is 0 Å². The predicted molar refractivity (Wildman–Crippen MR) is 125 cm³/mol. The maximum absolute atomic E-state index is 5.94. The normalized spacial score (nSPS) is 15.9. The number of methoxy groups -OCH3 is 1. The fourth-order valence-electron chi connectivity index (χ4n) is 3.26. The van der Waals surface area contributed by atoms with Crippen LogP contribution in [0.4, 0.5) is 0 Å². The lowest BCUT2D eigenvalue weighted by molar-refractivity contribution is 0.0896. The molecule has 7 heteroatoms. The minimum absolute atomic E-state index is 0.230. The summed E-state index contributed by atoms with van der Waals surface area (Å²) in [6, 6.07) is 16.0. The van der Waals surface area contributed by atoms with E-state index >= 15 is 0 Å². The van der Waals surface area contributed by atoms with E-state index in [1.165, 1.54) is 4.90 Å². The minimum Gasteiger partial charge on any atom is -0.496 e. The Morgan fingerprint density at radius 3 is 2.79 bits per heavy atom. The lowest BCUT2D eigenvalue weighted by atomic mass is 10.1. The van der Waals surface area contributed by atoms with Crippen LogP contribution in [0.25, 0.3) is 0 Å². The van der Waals surface area contributed by atoms with Gasteiger partial charge in [0.05, 0.1) is 13.2 Å². The van der Waals surface area contributed by atoms with Crippen LogP contribution in [-0.2, 0) is 11.3 Å². The Balaban J connectivity index is 1.55. The third-order valence-electron chi connectivity index (χ3n) is 4.75. The fraction of sp³-hybridized carbons (Fsp3) is 0.409. The second-order valence-electron chi connectivity index (χ2n) is 6.86. The van der Waals surface area contributed by atoms with Crippen LogP contribution >= 0.6 is 35.6 Å². The molecule has 0 radical (unpaired) electrons. The van der Waals surface area contributed by atoms with E-state index in [0.29, 0.717) is 6.54 Å². The molecule has 2 aromatic carbocycles. The summed E-state index contributed by atoms with van der Waals surface area (Å²) in [4.78, 5) is 3.39. The average Bonchev–Trinajstić information content (AvgIpc) is 3.25. The molecule has 3 rings (SSSR count). The molecule has 1 aliphatic rings. The van der Waals surface area contributed by atoms with Crippen molar-refractivity contribution in [3.63, 3.8) is 0 Å². The molecule has 0 aromatic heterocycles. The number of nitrogens with one attached hydrogen (secondary N) is 1. The number of thiocarbonyl (C=S) groups is 1. The molecule has 156 valence electrons. The highest BCUT2D eigenvalue weighted by molar-refractivity contribution is 7.99. The van der Waals surface area contributed by atoms with Gasteiger partial charge in [-0.15, -0.1) is 11.8 Å². The van der Waals surface area contributed by atoms with Gasteiger partial charge < -0.3 is 19.7 Å². The quantitative estimate of drug-likeness (QED) is 0.329. The molecule has 1 atom stereocenters. The van der Waals surface area contributed by atoms with Gasteiger partial charge in [0.2, 0.25) is 0 Å². The molecule has 1 heterocycles. The van der Waals surface area contributed by atoms with Crippen LogP contribution in [-0.4, -0.2) is 48.7 Å². The Labute approximate surface area is 187 Å². The Morgan fingerprint density at radius 2 is 2.07 bits per heavy atom. The molecule has 1 fully saturated rings. The van der Waals surface area contributed by atoms with E-state index in [9.17, 15) is 0 Å². The van der Waals surface area contributed by atoms with Gasteiger partial charge in [0, 0.05) is 47.5 Å². The van der Waals surface area contributed by atoms with Gasteiger partial charge in [-0.3, -0.25) is 0 Å². The van der Waals surface area contributed by atoms with E-state index in [-0.39, 0.29) is 6.10 Å². The van der Waals surface area contributed by atoms with E-state index in [0.717, 1.165) is 59.7 Å². The number of hydrogen-bond acceptors (Lipinski definition) is 4. The van der Waals surface area contributed by atoms with Crippen molar-refractivity contribution in [2.75, 3.05) is 32.6 Å². The third-order valence-corrected chi connectivity index (χ3v) is 6.42. The summed E-state index contributed by atoms with van der Waals surface area (Å²) < 4.78 is 11.4. The van der Waals surface area contributed by atoms with Crippen molar-refractivity contribution in [2.45, 2.75) is 30.4 Å². The molecule has 0 amide bonds. The van der Waals surface area contributed by atoms with Gasteiger partial charge in [-0.05, 0) is 55.4 Å². The van der Waals surface area contributed by atoms with Gasteiger partial charge in [-0.1, -0.05) is 29.8 Å². The number of halogens is 1. The SMILES string of the molecule is COc1ccccc1CN(CC1CCCO1)C(=S)NCCSc1ccc(Cl)cc1. The Kier molecular flexibility index (Phi) is 8.92. The highest BCUT2D eigenvalue weighted by Gasteiger charge is 2.21. The van der Waals surface area contributed by atoms with Crippen LogP contribution in [0, 0.1) is 0 Å². The number of nitrogens with zero attached hydrogens (tertiary/aromatic N) is 1. The lowest BCUT2D eigenvalue weighted by Gasteiger charge is -2.29. The Morgan fingerprint density at radius 1 is 1.28 bits per heavy atom. The molecule has 0 spiro atoms. The molecular formula is C22H27ClN2O2S2. The van der Waals surface area contributed by atoms with Crippen molar-refractivity contribution in [3.05, 3.63) is 59.1 Å². The Hall–Kier alpha value is -1.47. The fourth-order valence-corrected chi connectivity index (χ4v) is 4.40. The first-order chi connectivity index (χ1) is 14.2. The van der Waals surface area contributed by atoms with E-state index in [1.807, 2.05) is 42.5 Å². The third kappa shape index (κ3) is 7.07. The van der Waals surface area contributed by atoms with Crippen molar-refractivity contribution in [1.82, 2.24) is 10.2 Å². The first kappa shape index (κ1) is 22.2. The number of ether oxygens (including phenoxy) is 2. The molecule has 0 saturated carbocycles. The average molecular weight is 451 g/mol. The van der Waals surface area contributed by atoms with Gasteiger partial charge >= 0.3 is 0 Å². The summed E-state index contributed by atoms with van der Waals surface area (Å²) in [6.45, 7) is 3.11. The molecule has 2 aromatic rings. The summed E-state index contributed by atoms with van der Waals surface area (Å²) >= 11 is 13.5. The maximum Gasteiger partial charge on any atom is 0.169 e. The lowest BCUT2D eigenvalue weighted by Crippen LogP contribution is -2.43. The van der Waals surface area contributed by atoms with Gasteiger partial charge in [-0.2, -0.15) is 0 Å². The number of benzene rings is 2. The van der Waals surface area contributed by atoms with Crippen LogP contribution in [0.5, 0.6) is 5.75 Å². The number of thioether (sulfide) groups is 1. The Bertz CT molecular complexity index is 783. The first-order valence-electron chi connectivity index (χ1n) is 9.80. The van der Waals surface area contributed by atoms with Gasteiger partial charge in [-0.25, -0.2) is 0 Å². The molecule has 4 nitrogen and oxygen atoms in total. The van der Waals surface area contributed by atoms with Crippen LogP contribution in [0.2, 0.25) is 5.02 Å². The second-order valence-corrected chi connectivity index (χ2v) is 8.85.